The molecule has 0 bridgehead atoms. The highest BCUT2D eigenvalue weighted by Gasteiger charge is 2.49. The van der Waals surface area contributed by atoms with Crippen LogP contribution in [0.5, 0.6) is 5.75 Å². The van der Waals surface area contributed by atoms with Gasteiger partial charge in [-0.2, -0.15) is 34.8 Å². The largest absolute Gasteiger partial charge is 0.534 e. The van der Waals surface area contributed by atoms with Crippen molar-refractivity contribution >= 4 is 27.2 Å². The maximum Gasteiger partial charge on any atom is 0.534 e. The molecule has 1 aliphatic heterocycles. The van der Waals surface area contributed by atoms with Crippen molar-refractivity contribution < 1.29 is 53.2 Å². The van der Waals surface area contributed by atoms with E-state index in [0.29, 0.717) is 0 Å². The van der Waals surface area contributed by atoms with Crippen LogP contribution in [0.25, 0.3) is 11.0 Å². The van der Waals surface area contributed by atoms with E-state index >= 15 is 0 Å². The van der Waals surface area contributed by atoms with E-state index in [4.69, 9.17) is 9.47 Å². The van der Waals surface area contributed by atoms with Gasteiger partial charge in [-0.25, -0.2) is 9.78 Å². The van der Waals surface area contributed by atoms with Gasteiger partial charge >= 0.3 is 27.9 Å². The summed E-state index contributed by atoms with van der Waals surface area (Å²) in [7, 11) is -6.01. The van der Waals surface area contributed by atoms with E-state index in [1.54, 1.807) is 34.6 Å². The molecular weight excluding hydrogens is 572 g/mol. The summed E-state index contributed by atoms with van der Waals surface area (Å²) in [5.74, 6) is -0.893. The monoisotopic (exact) mass is 601 g/mol. The van der Waals surface area contributed by atoms with Crippen LogP contribution in [0.4, 0.5) is 31.1 Å². The lowest BCUT2D eigenvalue weighted by Crippen LogP contribution is -2.52. The van der Waals surface area contributed by atoms with E-state index < -0.39 is 69.9 Å². The minimum absolute atomic E-state index is 0.0182. The highest BCUT2D eigenvalue weighted by atomic mass is 32.2. The van der Waals surface area contributed by atoms with Crippen LogP contribution in [-0.4, -0.2) is 58.8 Å². The predicted molar refractivity (Wildman–Crippen MR) is 131 cm³/mol. The number of rotatable bonds is 6. The van der Waals surface area contributed by atoms with E-state index in [9.17, 15) is 39.6 Å². The Hall–Kier alpha value is -3.17. The summed E-state index contributed by atoms with van der Waals surface area (Å²) in [6, 6.07) is -0.525. The smallest absolute Gasteiger partial charge is 0.491 e. The van der Waals surface area contributed by atoms with Crippen LogP contribution in [0.1, 0.15) is 59.6 Å². The van der Waals surface area contributed by atoms with Gasteiger partial charge in [0, 0.05) is 24.6 Å². The van der Waals surface area contributed by atoms with Crippen LogP contribution in [-0.2, 0) is 25.2 Å². The molecule has 16 heteroatoms. The molecule has 1 aromatic carbocycles. The van der Waals surface area contributed by atoms with Crippen LogP contribution >= 0.6 is 0 Å². The highest BCUT2D eigenvalue weighted by Crippen LogP contribution is 2.39. The molecule has 0 saturated heterocycles. The fourth-order valence-corrected chi connectivity index (χ4v) is 4.61. The van der Waals surface area contributed by atoms with Gasteiger partial charge in [0.1, 0.15) is 23.7 Å². The van der Waals surface area contributed by atoms with Crippen LogP contribution in [0.3, 0.4) is 0 Å². The Labute approximate surface area is 226 Å². The number of carbonyl (C=O) groups excluding carboxylic acids is 1. The zero-order valence-electron chi connectivity index (χ0n) is 22.4. The first-order valence-corrected chi connectivity index (χ1v) is 13.4. The number of hydrogen-bond acceptors (Lipinski definition) is 7. The lowest BCUT2D eigenvalue weighted by atomic mass is 10.0. The average Bonchev–Trinajstić information content (AvgIpc) is 3.18. The number of halogens is 6. The Balaban J connectivity index is 2.00. The van der Waals surface area contributed by atoms with Gasteiger partial charge < -0.3 is 18.2 Å². The van der Waals surface area contributed by atoms with Gasteiger partial charge in [-0.1, -0.05) is 0 Å². The molecule has 0 unspecified atom stereocenters. The normalized spacial score (nSPS) is 19.1. The fraction of sp³-hybridized carbons (Fsp3) is 0.583. The second-order valence-electron chi connectivity index (χ2n) is 10.5. The molecule has 0 N–H and O–H groups in total. The summed E-state index contributed by atoms with van der Waals surface area (Å²) < 4.78 is 120. The first-order chi connectivity index (χ1) is 18.1. The molecule has 2 aromatic rings. The Bertz CT molecular complexity index is 1390. The van der Waals surface area contributed by atoms with Gasteiger partial charge in [-0.05, 0) is 53.7 Å². The van der Waals surface area contributed by atoms with E-state index in [2.05, 4.69) is 9.17 Å². The minimum atomic E-state index is -6.01. The summed E-state index contributed by atoms with van der Waals surface area (Å²) in [6.07, 6.45) is -3.90. The second kappa shape index (κ2) is 10.7. The third kappa shape index (κ3) is 6.93. The summed E-state index contributed by atoms with van der Waals surface area (Å²) in [5, 5.41) is 0. The molecule has 2 atom stereocenters. The number of alkyl halides is 6. The van der Waals surface area contributed by atoms with Crippen molar-refractivity contribution in [1.29, 1.82) is 0 Å². The zero-order valence-corrected chi connectivity index (χ0v) is 23.2. The summed E-state index contributed by atoms with van der Waals surface area (Å²) in [5.41, 5.74) is -7.87. The molecule has 0 saturated carbocycles. The number of nitrogens with zero attached hydrogens (tertiary/aromatic N) is 3. The SMILES string of the molecule is CC(C)n1cnc2cc(OC[C@@H]3C=C(OS(=O)(=O)C(F)(F)F)C[C@H](C)N3C(=O)OC(C)(C)C)cc(C(F)(F)F)c21. The molecule has 1 aromatic heterocycles. The molecule has 0 spiro atoms. The average molecular weight is 602 g/mol. The van der Waals surface area contributed by atoms with E-state index in [1.165, 1.54) is 23.9 Å². The van der Waals surface area contributed by atoms with Crippen molar-refractivity contribution in [2.45, 2.75) is 83.4 Å². The fourth-order valence-electron chi connectivity index (χ4n) is 4.11. The maximum absolute atomic E-state index is 14.0. The molecule has 9 nitrogen and oxygen atoms in total. The summed E-state index contributed by atoms with van der Waals surface area (Å²) >= 11 is 0. The predicted octanol–water partition coefficient (Wildman–Crippen LogP) is 6.16. The Morgan fingerprint density at radius 2 is 1.75 bits per heavy atom. The highest BCUT2D eigenvalue weighted by molar-refractivity contribution is 7.87. The van der Waals surface area contributed by atoms with Gasteiger partial charge in [-0.15, -0.1) is 0 Å². The number of benzene rings is 1. The molecule has 1 aliphatic rings. The maximum atomic E-state index is 14.0. The van der Waals surface area contributed by atoms with Gasteiger partial charge in [0.2, 0.25) is 0 Å². The number of hydrogen-bond donors (Lipinski definition) is 0. The lowest BCUT2D eigenvalue weighted by molar-refractivity contribution is -0.136. The molecule has 0 radical (unpaired) electrons. The van der Waals surface area contributed by atoms with E-state index in [0.717, 1.165) is 17.0 Å². The van der Waals surface area contributed by atoms with Crippen molar-refractivity contribution in [2.75, 3.05) is 6.61 Å². The third-order valence-electron chi connectivity index (χ3n) is 5.74. The molecule has 3 rings (SSSR count). The first kappa shape index (κ1) is 31.4. The minimum Gasteiger partial charge on any atom is -0.491 e. The number of imidazole rings is 1. The number of carbonyl (C=O) groups is 1. The van der Waals surface area contributed by atoms with E-state index in [-0.39, 0.29) is 22.8 Å². The van der Waals surface area contributed by atoms with Crippen LogP contribution in [0, 0.1) is 0 Å². The lowest BCUT2D eigenvalue weighted by Gasteiger charge is -2.39. The van der Waals surface area contributed by atoms with Crippen molar-refractivity contribution in [3.05, 3.63) is 35.9 Å². The van der Waals surface area contributed by atoms with Crippen molar-refractivity contribution in [3.8, 4) is 5.75 Å². The standard InChI is InChI=1S/C24H29F6N3O6S/c1-13(2)32-12-31-19-10-16(9-18(20(19)32)23(25,26)27)37-11-15-8-17(39-40(35,36)24(28,29)30)7-14(3)33(15)21(34)38-22(4,5)6/h8-10,12-15H,7,11H2,1-6H3/t14-,15-/m0/s1. The second-order valence-corrected chi connectivity index (χ2v) is 12.1. The molecule has 1 amide bonds. The van der Waals surface area contributed by atoms with Crippen molar-refractivity contribution in [2.24, 2.45) is 0 Å². The zero-order chi connectivity index (χ0) is 30.4. The number of amides is 1. The Morgan fingerprint density at radius 1 is 1.12 bits per heavy atom. The summed E-state index contributed by atoms with van der Waals surface area (Å²) in [6.45, 7) is 8.95. The third-order valence-corrected chi connectivity index (χ3v) is 6.74. The van der Waals surface area contributed by atoms with E-state index in [1.807, 2.05) is 0 Å². The van der Waals surface area contributed by atoms with Gasteiger partial charge in [0.15, 0.2) is 0 Å². The summed E-state index contributed by atoms with van der Waals surface area (Å²) in [4.78, 5) is 18.1. The Morgan fingerprint density at radius 3 is 2.27 bits per heavy atom. The molecule has 0 fully saturated rings. The number of fused-ring (bicyclic) bond motifs is 1. The molecule has 0 aliphatic carbocycles. The van der Waals surface area contributed by atoms with Crippen LogP contribution < -0.4 is 4.74 Å². The number of ether oxygens (including phenoxy) is 2. The molecule has 40 heavy (non-hydrogen) atoms. The van der Waals surface area contributed by atoms with Gasteiger partial charge in [-0.3, -0.25) is 4.90 Å². The topological polar surface area (TPSA) is 100.0 Å². The number of aromatic nitrogens is 2. The van der Waals surface area contributed by atoms with Crippen LogP contribution in [0.15, 0.2) is 30.3 Å². The Kier molecular flexibility index (Phi) is 8.36. The van der Waals surface area contributed by atoms with Gasteiger partial charge in [0.25, 0.3) is 0 Å². The van der Waals surface area contributed by atoms with Gasteiger partial charge in [0.05, 0.1) is 29.0 Å². The van der Waals surface area contributed by atoms with Crippen LogP contribution in [0.2, 0.25) is 0 Å². The first-order valence-electron chi connectivity index (χ1n) is 12.0. The van der Waals surface area contributed by atoms with Crippen molar-refractivity contribution in [3.63, 3.8) is 0 Å². The molecule has 224 valence electrons. The molecular formula is C24H29F6N3O6S. The quantitative estimate of drug-likeness (QED) is 0.222. The molecule has 2 heterocycles. The van der Waals surface area contributed by atoms with Crippen molar-refractivity contribution in [1.82, 2.24) is 14.5 Å².